The Hall–Kier alpha value is -2.10. The Morgan fingerprint density at radius 3 is 2.00 bits per heavy atom. The maximum absolute atomic E-state index is 9.37. The average Bonchev–Trinajstić information content (AvgIpc) is 2.47. The van der Waals surface area contributed by atoms with E-state index in [1.54, 1.807) is 24.3 Å². The number of hydrogen-bond acceptors (Lipinski definition) is 4. The third-order valence-electron chi connectivity index (χ3n) is 1.88. The molecule has 0 saturated carbocycles. The molecule has 2 rings (SSSR count). The SMILES string of the molecule is Oc1oc(-c2ccccc2)c(O)c1O. The first kappa shape index (κ1) is 8.50. The van der Waals surface area contributed by atoms with Gasteiger partial charge in [-0.15, -0.1) is 0 Å². The van der Waals surface area contributed by atoms with Crippen molar-refractivity contribution in [3.63, 3.8) is 0 Å². The first-order valence-electron chi connectivity index (χ1n) is 3.99. The first-order valence-corrected chi connectivity index (χ1v) is 3.99. The van der Waals surface area contributed by atoms with Crippen molar-refractivity contribution in [2.45, 2.75) is 0 Å². The second-order valence-corrected chi connectivity index (χ2v) is 2.80. The highest BCUT2D eigenvalue weighted by molar-refractivity contribution is 5.69. The van der Waals surface area contributed by atoms with Crippen LogP contribution >= 0.6 is 0 Å². The summed E-state index contributed by atoms with van der Waals surface area (Å²) < 4.78 is 4.79. The summed E-state index contributed by atoms with van der Waals surface area (Å²) >= 11 is 0. The molecule has 0 bridgehead atoms. The monoisotopic (exact) mass is 192 g/mol. The minimum absolute atomic E-state index is 0.0561. The summed E-state index contributed by atoms with van der Waals surface area (Å²) in [4.78, 5) is 0. The van der Waals surface area contributed by atoms with Gasteiger partial charge in [0.15, 0.2) is 5.76 Å². The van der Waals surface area contributed by atoms with E-state index >= 15 is 0 Å². The number of aromatic hydroxyl groups is 3. The highest BCUT2D eigenvalue weighted by Crippen LogP contribution is 2.45. The molecule has 4 nitrogen and oxygen atoms in total. The van der Waals surface area contributed by atoms with Gasteiger partial charge < -0.3 is 19.7 Å². The average molecular weight is 192 g/mol. The Labute approximate surface area is 79.7 Å². The summed E-state index contributed by atoms with van der Waals surface area (Å²) in [6.07, 6.45) is 0. The molecule has 1 aromatic heterocycles. The Balaban J connectivity index is 2.58. The fraction of sp³-hybridized carbons (Fsp3) is 0. The quantitative estimate of drug-likeness (QED) is 0.646. The zero-order valence-electron chi connectivity index (χ0n) is 7.14. The lowest BCUT2D eigenvalue weighted by molar-refractivity contribution is 0.309. The zero-order chi connectivity index (χ0) is 10.1. The topological polar surface area (TPSA) is 73.8 Å². The summed E-state index contributed by atoms with van der Waals surface area (Å²) in [5.41, 5.74) is 0.584. The van der Waals surface area contributed by atoms with Crippen molar-refractivity contribution in [3.05, 3.63) is 30.3 Å². The van der Waals surface area contributed by atoms with Gasteiger partial charge in [-0.05, 0) is 0 Å². The van der Waals surface area contributed by atoms with Crippen LogP contribution in [0, 0.1) is 0 Å². The van der Waals surface area contributed by atoms with Gasteiger partial charge in [0.25, 0.3) is 0 Å². The van der Waals surface area contributed by atoms with Gasteiger partial charge in [0.1, 0.15) is 0 Å². The second kappa shape index (κ2) is 2.99. The van der Waals surface area contributed by atoms with E-state index < -0.39 is 17.4 Å². The molecular formula is C10H8O4. The van der Waals surface area contributed by atoms with Gasteiger partial charge in [0.05, 0.1) is 0 Å². The fourth-order valence-corrected chi connectivity index (χ4v) is 1.19. The van der Waals surface area contributed by atoms with Gasteiger partial charge in [0, 0.05) is 5.56 Å². The van der Waals surface area contributed by atoms with Crippen LogP contribution < -0.4 is 0 Å². The van der Waals surface area contributed by atoms with Crippen LogP contribution in [0.4, 0.5) is 0 Å². The highest BCUT2D eigenvalue weighted by atomic mass is 16.5. The van der Waals surface area contributed by atoms with E-state index in [1.807, 2.05) is 6.07 Å². The predicted molar refractivity (Wildman–Crippen MR) is 49.1 cm³/mol. The number of benzene rings is 1. The molecule has 72 valence electrons. The third-order valence-corrected chi connectivity index (χ3v) is 1.88. The van der Waals surface area contributed by atoms with Gasteiger partial charge >= 0.3 is 5.95 Å². The van der Waals surface area contributed by atoms with E-state index in [9.17, 15) is 5.11 Å². The molecule has 0 spiro atoms. The van der Waals surface area contributed by atoms with E-state index in [0.29, 0.717) is 5.56 Å². The Kier molecular flexibility index (Phi) is 1.81. The van der Waals surface area contributed by atoms with Crippen LogP contribution in [-0.4, -0.2) is 15.3 Å². The second-order valence-electron chi connectivity index (χ2n) is 2.80. The minimum atomic E-state index is -0.679. The van der Waals surface area contributed by atoms with Gasteiger partial charge in [-0.1, -0.05) is 30.3 Å². The lowest BCUT2D eigenvalue weighted by Crippen LogP contribution is -1.72. The fourth-order valence-electron chi connectivity index (χ4n) is 1.19. The van der Waals surface area contributed by atoms with Crippen LogP contribution in [0.2, 0.25) is 0 Å². The Bertz CT molecular complexity index is 445. The maximum atomic E-state index is 9.37. The molecule has 1 heterocycles. The molecule has 2 aromatic rings. The number of hydrogen-bond donors (Lipinski definition) is 3. The summed E-state index contributed by atoms with van der Waals surface area (Å²) in [7, 11) is 0. The van der Waals surface area contributed by atoms with Crippen molar-refractivity contribution < 1.29 is 19.7 Å². The first-order chi connectivity index (χ1) is 6.70. The van der Waals surface area contributed by atoms with Crippen LogP contribution in [0.1, 0.15) is 0 Å². The van der Waals surface area contributed by atoms with E-state index in [4.69, 9.17) is 14.6 Å². The molecule has 0 unspecified atom stereocenters. The molecule has 1 aromatic carbocycles. The van der Waals surface area contributed by atoms with Gasteiger partial charge in [-0.2, -0.15) is 0 Å². The molecule has 0 atom stereocenters. The van der Waals surface area contributed by atoms with Crippen molar-refractivity contribution >= 4 is 0 Å². The van der Waals surface area contributed by atoms with Gasteiger partial charge in [-0.25, -0.2) is 0 Å². The highest BCUT2D eigenvalue weighted by Gasteiger charge is 2.19. The van der Waals surface area contributed by atoms with Crippen molar-refractivity contribution in [1.82, 2.24) is 0 Å². The van der Waals surface area contributed by atoms with Crippen LogP contribution in [0.3, 0.4) is 0 Å². The third kappa shape index (κ3) is 1.17. The standard InChI is InChI=1S/C10H8O4/c11-7-8(12)10(13)14-9(7)6-4-2-1-3-5-6/h1-5,11-13H. The molecule has 0 radical (unpaired) electrons. The normalized spacial score (nSPS) is 10.3. The molecule has 0 aliphatic heterocycles. The predicted octanol–water partition coefficient (Wildman–Crippen LogP) is 2.06. The van der Waals surface area contributed by atoms with E-state index in [0.717, 1.165) is 0 Å². The van der Waals surface area contributed by atoms with Crippen molar-refractivity contribution in [1.29, 1.82) is 0 Å². The van der Waals surface area contributed by atoms with Gasteiger partial charge in [-0.3, -0.25) is 0 Å². The molecule has 14 heavy (non-hydrogen) atoms. The van der Waals surface area contributed by atoms with Gasteiger partial charge in [0.2, 0.25) is 11.5 Å². The molecule has 0 fully saturated rings. The smallest absolute Gasteiger partial charge is 0.330 e. The molecule has 0 amide bonds. The largest absolute Gasteiger partial charge is 0.501 e. The maximum Gasteiger partial charge on any atom is 0.330 e. The molecule has 3 N–H and O–H groups in total. The zero-order valence-corrected chi connectivity index (χ0v) is 7.14. The molecule has 0 aliphatic rings. The molecule has 0 saturated heterocycles. The van der Waals surface area contributed by atoms with E-state index in [1.165, 1.54) is 0 Å². The summed E-state index contributed by atoms with van der Waals surface area (Å²) in [5.74, 6) is -1.71. The molecular weight excluding hydrogens is 184 g/mol. The summed E-state index contributed by atoms with van der Waals surface area (Å²) in [6.45, 7) is 0. The van der Waals surface area contributed by atoms with Crippen molar-refractivity contribution in [2.24, 2.45) is 0 Å². The lowest BCUT2D eigenvalue weighted by atomic mass is 10.1. The van der Waals surface area contributed by atoms with Crippen LogP contribution in [0.5, 0.6) is 17.4 Å². The van der Waals surface area contributed by atoms with Crippen molar-refractivity contribution in [2.75, 3.05) is 0 Å². The van der Waals surface area contributed by atoms with Crippen LogP contribution in [0.15, 0.2) is 34.7 Å². The number of furan rings is 1. The molecule has 4 heteroatoms. The summed E-state index contributed by atoms with van der Waals surface area (Å²) in [5, 5.41) is 27.5. The van der Waals surface area contributed by atoms with Crippen molar-refractivity contribution in [3.8, 4) is 28.8 Å². The van der Waals surface area contributed by atoms with Crippen LogP contribution in [0.25, 0.3) is 11.3 Å². The lowest BCUT2D eigenvalue weighted by Gasteiger charge is -1.95. The Morgan fingerprint density at radius 1 is 0.857 bits per heavy atom. The van der Waals surface area contributed by atoms with E-state index in [-0.39, 0.29) is 5.76 Å². The number of rotatable bonds is 1. The summed E-state index contributed by atoms with van der Waals surface area (Å²) in [6, 6.07) is 8.70. The van der Waals surface area contributed by atoms with Crippen LogP contribution in [-0.2, 0) is 0 Å². The Morgan fingerprint density at radius 2 is 1.50 bits per heavy atom. The minimum Gasteiger partial charge on any atom is -0.501 e. The van der Waals surface area contributed by atoms with E-state index in [2.05, 4.69) is 0 Å². The molecule has 0 aliphatic carbocycles.